The van der Waals surface area contributed by atoms with Crippen LogP contribution in [0, 0.1) is 12.8 Å². The van der Waals surface area contributed by atoms with E-state index in [0.717, 1.165) is 12.2 Å². The molecule has 0 radical (unpaired) electrons. The van der Waals surface area contributed by atoms with Gasteiger partial charge in [-0.05, 0) is 37.4 Å². The van der Waals surface area contributed by atoms with Crippen molar-refractivity contribution in [3.8, 4) is 5.75 Å². The fourth-order valence-electron chi connectivity index (χ4n) is 3.50. The van der Waals surface area contributed by atoms with Crippen molar-refractivity contribution in [2.24, 2.45) is 11.7 Å². The number of hydrogen-bond acceptors (Lipinski definition) is 2. The Kier molecular flexibility index (Phi) is 5.25. The lowest BCUT2D eigenvalue weighted by Crippen LogP contribution is -2.36. The van der Waals surface area contributed by atoms with Crippen LogP contribution in [-0.2, 0) is 5.41 Å². The summed E-state index contributed by atoms with van der Waals surface area (Å²) in [6, 6.07) is 17.1. The maximum atomic E-state index is 6.02. The van der Waals surface area contributed by atoms with Gasteiger partial charge in [-0.2, -0.15) is 0 Å². The molecule has 2 rings (SSSR count). The van der Waals surface area contributed by atoms with Crippen molar-refractivity contribution in [1.29, 1.82) is 0 Å². The fraction of sp³-hybridized carbons (Fsp3) is 0.400. The van der Waals surface area contributed by atoms with Crippen LogP contribution in [0.5, 0.6) is 5.75 Å². The Hall–Kier alpha value is -1.80. The van der Waals surface area contributed by atoms with Crippen molar-refractivity contribution in [1.82, 2.24) is 0 Å². The Morgan fingerprint density at radius 2 is 1.77 bits per heavy atom. The van der Waals surface area contributed by atoms with E-state index in [1.165, 1.54) is 16.7 Å². The SMILES string of the molecule is COc1ccc(C)cc1C(CCN)(c1ccccc1)C(C)C. The zero-order chi connectivity index (χ0) is 16.2. The molecular formula is C20H27NO. The molecule has 2 N–H and O–H groups in total. The van der Waals surface area contributed by atoms with Gasteiger partial charge >= 0.3 is 0 Å². The number of nitrogens with two attached hydrogens (primary N) is 1. The van der Waals surface area contributed by atoms with Gasteiger partial charge in [-0.15, -0.1) is 0 Å². The molecule has 0 amide bonds. The quantitative estimate of drug-likeness (QED) is 0.863. The minimum absolute atomic E-state index is 0.132. The van der Waals surface area contributed by atoms with E-state index < -0.39 is 0 Å². The van der Waals surface area contributed by atoms with Crippen molar-refractivity contribution < 1.29 is 4.74 Å². The predicted molar refractivity (Wildman–Crippen MR) is 93.5 cm³/mol. The van der Waals surface area contributed by atoms with Crippen molar-refractivity contribution in [2.45, 2.75) is 32.6 Å². The van der Waals surface area contributed by atoms with Crippen LogP contribution in [0.25, 0.3) is 0 Å². The Balaban J connectivity index is 2.76. The molecule has 0 fully saturated rings. The minimum Gasteiger partial charge on any atom is -0.496 e. The lowest BCUT2D eigenvalue weighted by Gasteiger charge is -2.40. The molecule has 0 aromatic heterocycles. The second-order valence-corrected chi connectivity index (χ2v) is 6.23. The Morgan fingerprint density at radius 1 is 1.09 bits per heavy atom. The molecule has 2 aromatic rings. The molecule has 0 aliphatic heterocycles. The van der Waals surface area contributed by atoms with Crippen LogP contribution in [-0.4, -0.2) is 13.7 Å². The zero-order valence-electron chi connectivity index (χ0n) is 14.1. The van der Waals surface area contributed by atoms with Crippen molar-refractivity contribution >= 4 is 0 Å². The second kappa shape index (κ2) is 6.97. The largest absolute Gasteiger partial charge is 0.496 e. The topological polar surface area (TPSA) is 35.2 Å². The summed E-state index contributed by atoms with van der Waals surface area (Å²) >= 11 is 0. The van der Waals surface area contributed by atoms with E-state index >= 15 is 0 Å². The number of benzene rings is 2. The summed E-state index contributed by atoms with van der Waals surface area (Å²) in [5, 5.41) is 0. The van der Waals surface area contributed by atoms with Crippen LogP contribution in [0.2, 0.25) is 0 Å². The smallest absolute Gasteiger partial charge is 0.122 e. The van der Waals surface area contributed by atoms with Gasteiger partial charge in [0, 0.05) is 11.0 Å². The molecule has 0 heterocycles. The van der Waals surface area contributed by atoms with E-state index in [2.05, 4.69) is 69.3 Å². The van der Waals surface area contributed by atoms with Crippen LogP contribution in [0.3, 0.4) is 0 Å². The van der Waals surface area contributed by atoms with E-state index in [4.69, 9.17) is 10.5 Å². The number of rotatable bonds is 6. The first-order chi connectivity index (χ1) is 10.6. The van der Waals surface area contributed by atoms with Gasteiger partial charge in [0.1, 0.15) is 5.75 Å². The minimum atomic E-state index is -0.132. The van der Waals surface area contributed by atoms with Crippen molar-refractivity contribution in [3.05, 3.63) is 65.2 Å². The van der Waals surface area contributed by atoms with Gasteiger partial charge in [-0.1, -0.05) is 61.9 Å². The lowest BCUT2D eigenvalue weighted by molar-refractivity contribution is 0.326. The van der Waals surface area contributed by atoms with Crippen LogP contribution in [0.4, 0.5) is 0 Å². The van der Waals surface area contributed by atoms with Gasteiger partial charge in [0.05, 0.1) is 7.11 Å². The molecular weight excluding hydrogens is 270 g/mol. The molecule has 118 valence electrons. The van der Waals surface area contributed by atoms with Gasteiger partial charge in [-0.25, -0.2) is 0 Å². The van der Waals surface area contributed by atoms with Gasteiger partial charge in [0.15, 0.2) is 0 Å². The van der Waals surface area contributed by atoms with Gasteiger partial charge in [-0.3, -0.25) is 0 Å². The summed E-state index contributed by atoms with van der Waals surface area (Å²) in [6.45, 7) is 7.31. The molecule has 1 unspecified atom stereocenters. The van der Waals surface area contributed by atoms with Gasteiger partial charge in [0.25, 0.3) is 0 Å². The maximum absolute atomic E-state index is 6.02. The summed E-state index contributed by atoms with van der Waals surface area (Å²) in [5.41, 5.74) is 9.67. The van der Waals surface area contributed by atoms with E-state index in [1.807, 2.05) is 0 Å². The molecule has 2 aromatic carbocycles. The molecule has 2 heteroatoms. The van der Waals surface area contributed by atoms with E-state index in [1.54, 1.807) is 7.11 Å². The van der Waals surface area contributed by atoms with Crippen LogP contribution >= 0.6 is 0 Å². The summed E-state index contributed by atoms with van der Waals surface area (Å²) < 4.78 is 5.68. The van der Waals surface area contributed by atoms with Crippen molar-refractivity contribution in [3.63, 3.8) is 0 Å². The monoisotopic (exact) mass is 297 g/mol. The molecule has 0 bridgehead atoms. The van der Waals surface area contributed by atoms with E-state index in [-0.39, 0.29) is 5.41 Å². The Morgan fingerprint density at radius 3 is 2.32 bits per heavy atom. The first-order valence-electron chi connectivity index (χ1n) is 7.97. The van der Waals surface area contributed by atoms with E-state index in [9.17, 15) is 0 Å². The second-order valence-electron chi connectivity index (χ2n) is 6.23. The highest BCUT2D eigenvalue weighted by atomic mass is 16.5. The molecule has 0 saturated heterocycles. The van der Waals surface area contributed by atoms with Crippen LogP contribution in [0.1, 0.15) is 37.0 Å². The van der Waals surface area contributed by atoms with Gasteiger partial charge in [0.2, 0.25) is 0 Å². The molecule has 0 aliphatic carbocycles. The number of aryl methyl sites for hydroxylation is 1. The first kappa shape index (κ1) is 16.6. The molecule has 1 atom stereocenters. The average Bonchev–Trinajstić information content (AvgIpc) is 2.53. The molecule has 0 saturated carbocycles. The third-order valence-corrected chi connectivity index (χ3v) is 4.65. The number of methoxy groups -OCH3 is 1. The third kappa shape index (κ3) is 2.89. The standard InChI is InChI=1S/C20H27NO/c1-15(2)20(12-13-21,17-8-6-5-7-9-17)18-14-16(3)10-11-19(18)22-4/h5-11,14-15H,12-13,21H2,1-4H3. The summed E-state index contributed by atoms with van der Waals surface area (Å²) in [7, 11) is 1.74. The van der Waals surface area contributed by atoms with Crippen LogP contribution < -0.4 is 10.5 Å². The molecule has 0 aliphatic rings. The predicted octanol–water partition coefficient (Wildman–Crippen LogP) is 4.29. The Bertz CT molecular complexity index is 606. The summed E-state index contributed by atoms with van der Waals surface area (Å²) in [4.78, 5) is 0. The first-order valence-corrected chi connectivity index (χ1v) is 7.97. The number of hydrogen-bond donors (Lipinski definition) is 1. The fourth-order valence-corrected chi connectivity index (χ4v) is 3.50. The average molecular weight is 297 g/mol. The highest BCUT2D eigenvalue weighted by molar-refractivity contribution is 5.49. The van der Waals surface area contributed by atoms with Crippen molar-refractivity contribution in [2.75, 3.05) is 13.7 Å². The Labute approximate surface area is 134 Å². The molecule has 22 heavy (non-hydrogen) atoms. The number of ether oxygens (including phenoxy) is 1. The van der Waals surface area contributed by atoms with Gasteiger partial charge < -0.3 is 10.5 Å². The highest BCUT2D eigenvalue weighted by Crippen LogP contribution is 2.46. The third-order valence-electron chi connectivity index (χ3n) is 4.65. The summed E-state index contributed by atoms with van der Waals surface area (Å²) in [5.74, 6) is 1.35. The highest BCUT2D eigenvalue weighted by Gasteiger charge is 2.39. The lowest BCUT2D eigenvalue weighted by atomic mass is 9.64. The molecule has 2 nitrogen and oxygen atoms in total. The van der Waals surface area contributed by atoms with Crippen LogP contribution in [0.15, 0.2) is 48.5 Å². The molecule has 0 spiro atoms. The van der Waals surface area contributed by atoms with E-state index in [0.29, 0.717) is 12.5 Å². The zero-order valence-corrected chi connectivity index (χ0v) is 14.1. The summed E-state index contributed by atoms with van der Waals surface area (Å²) in [6.07, 6.45) is 0.897. The maximum Gasteiger partial charge on any atom is 0.122 e. The normalized spacial score (nSPS) is 13.9.